The maximum absolute atomic E-state index is 11.1. The van der Waals surface area contributed by atoms with Crippen molar-refractivity contribution in [3.05, 3.63) is 37.6 Å². The quantitative estimate of drug-likeness (QED) is 0.800. The number of ether oxygens (including phenoxy) is 1. The highest BCUT2D eigenvalue weighted by atomic mass is 32.1. The Morgan fingerprint density at radius 2 is 2.47 bits per heavy atom. The van der Waals surface area contributed by atoms with Crippen molar-refractivity contribution in [2.24, 2.45) is 0 Å². The molecule has 1 heterocycles. The van der Waals surface area contributed by atoms with Gasteiger partial charge in [0.2, 0.25) is 0 Å². The molecular formula is C10H12N2O2S. The Labute approximate surface area is 93.0 Å². The third-order valence-electron chi connectivity index (χ3n) is 1.48. The number of rotatable bonds is 4. The van der Waals surface area contributed by atoms with Gasteiger partial charge in [0.1, 0.15) is 6.61 Å². The van der Waals surface area contributed by atoms with Crippen LogP contribution in [0.25, 0.3) is 0 Å². The summed E-state index contributed by atoms with van der Waals surface area (Å²) < 4.78 is 4.73. The van der Waals surface area contributed by atoms with E-state index in [0.29, 0.717) is 5.13 Å². The molecule has 1 amide bonds. The first kappa shape index (κ1) is 11.7. The molecule has 4 nitrogen and oxygen atoms in total. The predicted molar refractivity (Wildman–Crippen MR) is 60.7 cm³/mol. The van der Waals surface area contributed by atoms with Crippen molar-refractivity contribution in [1.82, 2.24) is 4.98 Å². The monoisotopic (exact) mass is 224 g/mol. The number of carbonyl (C=O) groups excluding carboxylic acids is 1. The molecule has 2 radical (unpaired) electrons. The Bertz CT molecular complexity index is 347. The fourth-order valence-electron chi connectivity index (χ4n) is 0.789. The summed E-state index contributed by atoms with van der Waals surface area (Å²) in [6.45, 7) is 11.1. The van der Waals surface area contributed by atoms with Gasteiger partial charge in [0.05, 0.1) is 5.69 Å². The van der Waals surface area contributed by atoms with Crippen LogP contribution in [0.15, 0.2) is 18.0 Å². The molecule has 5 heteroatoms. The minimum Gasteiger partial charge on any atom is -0.445 e. The lowest BCUT2D eigenvalue weighted by Crippen LogP contribution is -2.13. The van der Waals surface area contributed by atoms with E-state index in [1.165, 1.54) is 17.4 Å². The largest absolute Gasteiger partial charge is 0.445 e. The van der Waals surface area contributed by atoms with Gasteiger partial charge in [0.15, 0.2) is 5.13 Å². The molecule has 0 aliphatic rings. The van der Waals surface area contributed by atoms with E-state index in [1.807, 2.05) is 0 Å². The van der Waals surface area contributed by atoms with Gasteiger partial charge in [0.25, 0.3) is 0 Å². The number of hydrogen-bond acceptors (Lipinski definition) is 4. The van der Waals surface area contributed by atoms with Crippen molar-refractivity contribution >= 4 is 22.6 Å². The van der Waals surface area contributed by atoms with E-state index in [4.69, 9.17) is 4.74 Å². The van der Waals surface area contributed by atoms with Crippen LogP contribution in [0.5, 0.6) is 0 Å². The fourth-order valence-corrected chi connectivity index (χ4v) is 1.57. The van der Waals surface area contributed by atoms with E-state index in [9.17, 15) is 4.79 Å². The summed E-state index contributed by atoms with van der Waals surface area (Å²) in [7, 11) is 0. The maximum atomic E-state index is 11.1. The second kappa shape index (κ2) is 5.50. The Morgan fingerprint density at radius 1 is 1.73 bits per heavy atom. The summed E-state index contributed by atoms with van der Waals surface area (Å²) in [6.07, 6.45) is 0.954. The molecule has 0 saturated carbocycles. The predicted octanol–water partition coefficient (Wildman–Crippen LogP) is 2.63. The van der Waals surface area contributed by atoms with Crippen LogP contribution >= 0.6 is 11.3 Å². The van der Waals surface area contributed by atoms with Gasteiger partial charge >= 0.3 is 6.09 Å². The molecule has 0 bridgehead atoms. The lowest BCUT2D eigenvalue weighted by Gasteiger charge is -2.01. The fraction of sp³-hybridized carbons (Fsp3) is 0.200. The molecule has 80 valence electrons. The third-order valence-corrected chi connectivity index (χ3v) is 2.26. The summed E-state index contributed by atoms with van der Waals surface area (Å²) >= 11 is 1.31. The molecule has 0 aliphatic carbocycles. The molecule has 1 rings (SSSR count). The second-order valence-corrected chi connectivity index (χ2v) is 3.64. The highest BCUT2D eigenvalue weighted by Gasteiger charge is 2.08. The molecular weight excluding hydrogens is 212 g/mol. The van der Waals surface area contributed by atoms with Crippen LogP contribution in [-0.2, 0) is 4.74 Å². The normalized spacial score (nSPS) is 10.1. The van der Waals surface area contributed by atoms with Crippen LogP contribution in [-0.4, -0.2) is 17.7 Å². The van der Waals surface area contributed by atoms with Crippen LogP contribution < -0.4 is 5.32 Å². The van der Waals surface area contributed by atoms with Gasteiger partial charge < -0.3 is 4.74 Å². The highest BCUT2D eigenvalue weighted by Crippen LogP contribution is 2.20. The number of nitrogens with one attached hydrogen (secondary N) is 1. The van der Waals surface area contributed by atoms with E-state index >= 15 is 0 Å². The number of aromatic nitrogens is 1. The first-order valence-electron chi connectivity index (χ1n) is 4.29. The average molecular weight is 224 g/mol. The van der Waals surface area contributed by atoms with Crippen LogP contribution in [0.2, 0.25) is 0 Å². The minimum absolute atomic E-state index is 0.138. The summed E-state index contributed by atoms with van der Waals surface area (Å²) in [6, 6.07) is 0. The van der Waals surface area contributed by atoms with E-state index in [0.717, 1.165) is 5.69 Å². The number of nitrogens with zero attached hydrogens (tertiary/aromatic N) is 1. The van der Waals surface area contributed by atoms with Gasteiger partial charge in [-0.1, -0.05) is 12.7 Å². The zero-order chi connectivity index (χ0) is 11.3. The average Bonchev–Trinajstić information content (AvgIpc) is 2.63. The lowest BCUT2D eigenvalue weighted by atomic mass is 10.2. The van der Waals surface area contributed by atoms with E-state index in [1.54, 1.807) is 5.38 Å². The molecule has 0 spiro atoms. The van der Waals surface area contributed by atoms with Crippen molar-refractivity contribution in [3.8, 4) is 0 Å². The molecule has 1 N–H and O–H groups in total. The smallest absolute Gasteiger partial charge is 0.413 e. The van der Waals surface area contributed by atoms with Gasteiger partial charge in [0, 0.05) is 11.3 Å². The highest BCUT2D eigenvalue weighted by molar-refractivity contribution is 7.13. The van der Waals surface area contributed by atoms with Crippen LogP contribution in [0.3, 0.4) is 0 Å². The van der Waals surface area contributed by atoms with Crippen molar-refractivity contribution in [2.75, 3.05) is 11.9 Å². The van der Waals surface area contributed by atoms with Crippen molar-refractivity contribution < 1.29 is 9.53 Å². The first-order chi connectivity index (χ1) is 7.13. The van der Waals surface area contributed by atoms with Gasteiger partial charge in [-0.05, 0) is 13.8 Å². The van der Waals surface area contributed by atoms with Gasteiger partial charge in [-0.2, -0.15) is 0 Å². The molecule has 0 aliphatic heterocycles. The van der Waals surface area contributed by atoms with Crippen LogP contribution in [0, 0.1) is 13.8 Å². The number of anilines is 1. The topological polar surface area (TPSA) is 51.2 Å². The Morgan fingerprint density at radius 3 is 3.00 bits per heavy atom. The van der Waals surface area contributed by atoms with Crippen molar-refractivity contribution in [1.29, 1.82) is 0 Å². The summed E-state index contributed by atoms with van der Waals surface area (Å²) in [5, 5.41) is 4.78. The van der Waals surface area contributed by atoms with Crippen molar-refractivity contribution in [3.63, 3.8) is 0 Å². The molecule has 1 aromatic rings. The number of hydrogen-bond donors (Lipinski definition) is 1. The van der Waals surface area contributed by atoms with Gasteiger partial charge in [-0.3, -0.25) is 5.32 Å². The molecule has 15 heavy (non-hydrogen) atoms. The van der Waals surface area contributed by atoms with Crippen molar-refractivity contribution in [2.45, 2.75) is 5.92 Å². The minimum atomic E-state index is -0.541. The molecule has 0 atom stereocenters. The summed E-state index contributed by atoms with van der Waals surface area (Å²) in [5.74, 6) is -0.138. The standard InChI is InChI=1S/C10H12N2O2S/c1-4-5-14-10(13)12-9-11-8(6-15-9)7(2)3/h4,6-7H,1-3,5H2,(H,11,12,13). The van der Waals surface area contributed by atoms with E-state index in [2.05, 4.69) is 30.7 Å². The van der Waals surface area contributed by atoms with Crippen LogP contribution in [0.4, 0.5) is 9.93 Å². The Hall–Kier alpha value is -1.36. The zero-order valence-corrected chi connectivity index (χ0v) is 9.05. The number of thiazole rings is 1. The zero-order valence-electron chi connectivity index (χ0n) is 8.23. The van der Waals surface area contributed by atoms with Gasteiger partial charge in [-0.25, -0.2) is 9.78 Å². The number of amides is 1. The third kappa shape index (κ3) is 3.71. The lowest BCUT2D eigenvalue weighted by molar-refractivity contribution is 0.174. The summed E-state index contributed by atoms with van der Waals surface area (Å²) in [4.78, 5) is 15.2. The van der Waals surface area contributed by atoms with Gasteiger partial charge in [-0.15, -0.1) is 11.3 Å². The Kier molecular flexibility index (Phi) is 4.30. The Balaban J connectivity index is 2.49. The molecule has 0 aromatic carbocycles. The summed E-state index contributed by atoms with van der Waals surface area (Å²) in [5.41, 5.74) is 0.749. The van der Waals surface area contributed by atoms with E-state index < -0.39 is 6.09 Å². The molecule has 0 unspecified atom stereocenters. The van der Waals surface area contributed by atoms with Crippen LogP contribution in [0.1, 0.15) is 11.6 Å². The molecule has 0 saturated heterocycles. The molecule has 1 aromatic heterocycles. The van der Waals surface area contributed by atoms with E-state index in [-0.39, 0.29) is 12.5 Å². The molecule has 0 fully saturated rings. The first-order valence-corrected chi connectivity index (χ1v) is 5.17. The maximum Gasteiger partial charge on any atom is 0.413 e. The number of carbonyl (C=O) groups is 1. The second-order valence-electron chi connectivity index (χ2n) is 2.79. The SMILES string of the molecule is [CH2]C([CH2])c1csc(NC(=O)OCC=C)n1.